The van der Waals surface area contributed by atoms with E-state index in [1.807, 2.05) is 11.0 Å². The van der Waals surface area contributed by atoms with Gasteiger partial charge in [-0.3, -0.25) is 9.78 Å². The van der Waals surface area contributed by atoms with Crippen molar-refractivity contribution in [2.75, 3.05) is 29.9 Å². The minimum absolute atomic E-state index is 0.0968. The van der Waals surface area contributed by atoms with Crippen LogP contribution in [0.5, 0.6) is 0 Å². The third kappa shape index (κ3) is 4.64. The van der Waals surface area contributed by atoms with Crippen molar-refractivity contribution < 1.29 is 4.79 Å². The molecule has 0 bridgehead atoms. The Hall–Kier alpha value is -2.56. The largest absolute Gasteiger partial charge is 0.372 e. The number of anilines is 3. The van der Waals surface area contributed by atoms with Crippen LogP contribution >= 0.6 is 0 Å². The van der Waals surface area contributed by atoms with Crippen LogP contribution in [0.3, 0.4) is 0 Å². The molecule has 1 aliphatic heterocycles. The van der Waals surface area contributed by atoms with Crippen molar-refractivity contribution in [3.63, 3.8) is 0 Å². The SMILES string of the molecule is CCC1CCCCN1C(=O)c1cncc(Nc2ccc(N(CC)CC)cc2)c1. The summed E-state index contributed by atoms with van der Waals surface area (Å²) in [6, 6.07) is 10.6. The highest BCUT2D eigenvalue weighted by molar-refractivity contribution is 5.95. The molecule has 1 aliphatic rings. The Kier molecular flexibility index (Phi) is 6.90. The van der Waals surface area contributed by atoms with E-state index in [1.54, 1.807) is 12.4 Å². The zero-order valence-electron chi connectivity index (χ0n) is 17.3. The summed E-state index contributed by atoms with van der Waals surface area (Å²) in [5.41, 5.74) is 3.71. The van der Waals surface area contributed by atoms with Gasteiger partial charge < -0.3 is 15.1 Å². The van der Waals surface area contributed by atoms with Gasteiger partial charge in [-0.15, -0.1) is 0 Å². The number of piperidine rings is 1. The number of hydrogen-bond acceptors (Lipinski definition) is 4. The molecule has 1 N–H and O–H groups in total. The van der Waals surface area contributed by atoms with Gasteiger partial charge in [-0.25, -0.2) is 0 Å². The van der Waals surface area contributed by atoms with Crippen LogP contribution in [-0.4, -0.2) is 41.5 Å². The Balaban J connectivity index is 1.72. The van der Waals surface area contributed by atoms with Crippen LogP contribution in [0, 0.1) is 0 Å². The summed E-state index contributed by atoms with van der Waals surface area (Å²) in [6.07, 6.45) is 7.86. The maximum Gasteiger partial charge on any atom is 0.255 e. The maximum atomic E-state index is 13.0. The number of likely N-dealkylation sites (tertiary alicyclic amines) is 1. The quantitative estimate of drug-likeness (QED) is 0.728. The summed E-state index contributed by atoms with van der Waals surface area (Å²) < 4.78 is 0. The van der Waals surface area contributed by atoms with Gasteiger partial charge in [-0.2, -0.15) is 0 Å². The fraction of sp³-hybridized carbons (Fsp3) is 0.478. The predicted octanol–water partition coefficient (Wildman–Crippen LogP) is 5.08. The van der Waals surface area contributed by atoms with Gasteiger partial charge in [0.1, 0.15) is 0 Å². The van der Waals surface area contributed by atoms with Crippen LogP contribution in [0.2, 0.25) is 0 Å². The molecule has 3 rings (SSSR count). The molecular weight excluding hydrogens is 348 g/mol. The van der Waals surface area contributed by atoms with E-state index in [1.165, 1.54) is 12.1 Å². The Labute approximate surface area is 168 Å². The van der Waals surface area contributed by atoms with Gasteiger partial charge >= 0.3 is 0 Å². The molecule has 0 radical (unpaired) electrons. The Morgan fingerprint density at radius 2 is 1.86 bits per heavy atom. The van der Waals surface area contributed by atoms with Crippen molar-refractivity contribution in [2.24, 2.45) is 0 Å². The molecule has 5 nitrogen and oxygen atoms in total. The molecule has 1 unspecified atom stereocenters. The average Bonchev–Trinajstić information content (AvgIpc) is 2.75. The minimum Gasteiger partial charge on any atom is -0.372 e. The normalized spacial score (nSPS) is 16.7. The van der Waals surface area contributed by atoms with E-state index < -0.39 is 0 Å². The number of rotatable bonds is 7. The molecule has 2 heterocycles. The first kappa shape index (κ1) is 20.2. The van der Waals surface area contributed by atoms with E-state index in [2.05, 4.69) is 60.2 Å². The summed E-state index contributed by atoms with van der Waals surface area (Å²) in [6.45, 7) is 9.32. The Morgan fingerprint density at radius 1 is 1.11 bits per heavy atom. The molecule has 28 heavy (non-hydrogen) atoms. The number of carbonyl (C=O) groups excluding carboxylic acids is 1. The molecule has 0 aliphatic carbocycles. The van der Waals surface area contributed by atoms with Crippen LogP contribution < -0.4 is 10.2 Å². The summed E-state index contributed by atoms with van der Waals surface area (Å²) >= 11 is 0. The Morgan fingerprint density at radius 3 is 2.54 bits per heavy atom. The number of aromatic nitrogens is 1. The fourth-order valence-corrected chi connectivity index (χ4v) is 3.99. The molecule has 0 saturated carbocycles. The first-order valence-corrected chi connectivity index (χ1v) is 10.5. The number of nitrogens with zero attached hydrogens (tertiary/aromatic N) is 3. The lowest BCUT2D eigenvalue weighted by molar-refractivity contribution is 0.0607. The smallest absolute Gasteiger partial charge is 0.255 e. The molecule has 5 heteroatoms. The van der Waals surface area contributed by atoms with Gasteiger partial charge in [-0.1, -0.05) is 6.92 Å². The lowest BCUT2D eigenvalue weighted by atomic mass is 9.99. The third-order valence-electron chi connectivity index (χ3n) is 5.63. The van der Waals surface area contributed by atoms with Crippen molar-refractivity contribution in [1.29, 1.82) is 0 Å². The van der Waals surface area contributed by atoms with E-state index in [4.69, 9.17) is 0 Å². The summed E-state index contributed by atoms with van der Waals surface area (Å²) in [4.78, 5) is 21.7. The highest BCUT2D eigenvalue weighted by atomic mass is 16.2. The average molecular weight is 381 g/mol. The lowest BCUT2D eigenvalue weighted by Gasteiger charge is -2.35. The van der Waals surface area contributed by atoms with E-state index in [0.29, 0.717) is 11.6 Å². The number of amides is 1. The maximum absolute atomic E-state index is 13.0. The third-order valence-corrected chi connectivity index (χ3v) is 5.63. The highest BCUT2D eigenvalue weighted by Gasteiger charge is 2.26. The molecule has 1 aromatic heterocycles. The number of carbonyl (C=O) groups is 1. The van der Waals surface area contributed by atoms with Crippen molar-refractivity contribution >= 4 is 23.0 Å². The fourth-order valence-electron chi connectivity index (χ4n) is 3.99. The monoisotopic (exact) mass is 380 g/mol. The first-order chi connectivity index (χ1) is 13.7. The number of benzene rings is 1. The molecule has 1 aromatic carbocycles. The number of pyridine rings is 1. The van der Waals surface area contributed by atoms with E-state index >= 15 is 0 Å². The van der Waals surface area contributed by atoms with E-state index in [-0.39, 0.29) is 5.91 Å². The molecule has 2 aromatic rings. The molecular formula is C23H32N4O. The standard InChI is InChI=1S/C23H32N4O/c1-4-21-9-7-8-14-27(21)23(28)18-15-20(17-24-16-18)25-19-10-12-22(13-11-19)26(5-2)6-3/h10-13,15-17,21,25H,4-9,14H2,1-3H3. The zero-order chi connectivity index (χ0) is 19.9. The van der Waals surface area contributed by atoms with Crippen LogP contribution in [0.1, 0.15) is 56.8 Å². The molecule has 1 fully saturated rings. The van der Waals surface area contributed by atoms with Crippen LogP contribution in [0.4, 0.5) is 17.1 Å². The molecule has 1 amide bonds. The van der Waals surface area contributed by atoms with E-state index in [9.17, 15) is 4.79 Å². The van der Waals surface area contributed by atoms with Crippen molar-refractivity contribution in [3.8, 4) is 0 Å². The van der Waals surface area contributed by atoms with Crippen LogP contribution in [0.25, 0.3) is 0 Å². The molecule has 150 valence electrons. The summed E-state index contributed by atoms with van der Waals surface area (Å²) in [5.74, 6) is 0.0968. The first-order valence-electron chi connectivity index (χ1n) is 10.5. The van der Waals surface area contributed by atoms with Gasteiger partial charge in [0.15, 0.2) is 0 Å². The predicted molar refractivity (Wildman–Crippen MR) is 116 cm³/mol. The van der Waals surface area contributed by atoms with Gasteiger partial charge in [0.2, 0.25) is 0 Å². The van der Waals surface area contributed by atoms with Crippen molar-refractivity contribution in [2.45, 2.75) is 52.5 Å². The molecule has 1 atom stereocenters. The van der Waals surface area contributed by atoms with E-state index in [0.717, 1.165) is 50.3 Å². The highest BCUT2D eigenvalue weighted by Crippen LogP contribution is 2.24. The number of hydrogen-bond donors (Lipinski definition) is 1. The van der Waals surface area contributed by atoms with Crippen LogP contribution in [0.15, 0.2) is 42.7 Å². The second-order valence-corrected chi connectivity index (χ2v) is 7.36. The van der Waals surface area contributed by atoms with Gasteiger partial charge in [0, 0.05) is 43.2 Å². The van der Waals surface area contributed by atoms with Gasteiger partial charge in [-0.05, 0) is 69.9 Å². The van der Waals surface area contributed by atoms with Crippen molar-refractivity contribution in [1.82, 2.24) is 9.88 Å². The zero-order valence-corrected chi connectivity index (χ0v) is 17.3. The Bertz CT molecular complexity index is 770. The minimum atomic E-state index is 0.0968. The number of nitrogens with one attached hydrogen (secondary N) is 1. The second-order valence-electron chi connectivity index (χ2n) is 7.36. The molecule has 1 saturated heterocycles. The lowest BCUT2D eigenvalue weighted by Crippen LogP contribution is -2.43. The molecule has 0 spiro atoms. The van der Waals surface area contributed by atoms with Gasteiger partial charge in [0.25, 0.3) is 5.91 Å². The topological polar surface area (TPSA) is 48.5 Å². The summed E-state index contributed by atoms with van der Waals surface area (Å²) in [7, 11) is 0. The van der Waals surface area contributed by atoms with Gasteiger partial charge in [0.05, 0.1) is 17.4 Å². The van der Waals surface area contributed by atoms with Crippen molar-refractivity contribution in [3.05, 3.63) is 48.3 Å². The summed E-state index contributed by atoms with van der Waals surface area (Å²) in [5, 5.41) is 3.38. The second kappa shape index (κ2) is 9.58. The van der Waals surface area contributed by atoms with Crippen LogP contribution in [-0.2, 0) is 0 Å².